The van der Waals surface area contributed by atoms with Gasteiger partial charge in [-0.05, 0) is 26.0 Å². The van der Waals surface area contributed by atoms with E-state index in [1.807, 2.05) is 13.8 Å². The van der Waals surface area contributed by atoms with Crippen molar-refractivity contribution in [3.05, 3.63) is 18.3 Å². The predicted molar refractivity (Wildman–Crippen MR) is 56.7 cm³/mol. The predicted octanol–water partition coefficient (Wildman–Crippen LogP) is 0.484. The SMILES string of the molecule is CC(C)Oc1ncccc1NS(N)(=O)=O. The van der Waals surface area contributed by atoms with Crippen LogP contribution < -0.4 is 14.6 Å². The fourth-order valence-electron chi connectivity index (χ4n) is 0.939. The van der Waals surface area contributed by atoms with Gasteiger partial charge in [-0.25, -0.2) is 10.1 Å². The molecule has 1 aromatic heterocycles. The highest BCUT2D eigenvalue weighted by Gasteiger charge is 2.10. The fraction of sp³-hybridized carbons (Fsp3) is 0.375. The standard InChI is InChI=1S/C8H13N3O3S/c1-6(2)14-8-7(4-3-5-10-8)11-15(9,12)13/h3-6,11H,1-2H3,(H2,9,12,13). The summed E-state index contributed by atoms with van der Waals surface area (Å²) in [4.78, 5) is 3.90. The van der Waals surface area contributed by atoms with Crippen LogP contribution in [0.15, 0.2) is 18.3 Å². The number of anilines is 1. The molecule has 0 aliphatic rings. The lowest BCUT2D eigenvalue weighted by atomic mass is 10.4. The van der Waals surface area contributed by atoms with Crippen LogP contribution >= 0.6 is 0 Å². The van der Waals surface area contributed by atoms with Gasteiger partial charge in [0.15, 0.2) is 0 Å². The summed E-state index contributed by atoms with van der Waals surface area (Å²) in [6.07, 6.45) is 1.41. The molecule has 6 nitrogen and oxygen atoms in total. The Morgan fingerprint density at radius 2 is 2.20 bits per heavy atom. The van der Waals surface area contributed by atoms with E-state index < -0.39 is 10.2 Å². The first-order valence-electron chi connectivity index (χ1n) is 4.30. The summed E-state index contributed by atoms with van der Waals surface area (Å²) in [7, 11) is -3.81. The minimum Gasteiger partial charge on any atom is -0.473 e. The lowest BCUT2D eigenvalue weighted by molar-refractivity contribution is 0.234. The molecule has 0 aliphatic heterocycles. The highest BCUT2D eigenvalue weighted by Crippen LogP contribution is 2.21. The van der Waals surface area contributed by atoms with Crippen molar-refractivity contribution in [2.45, 2.75) is 20.0 Å². The number of aromatic nitrogens is 1. The summed E-state index contributed by atoms with van der Waals surface area (Å²) in [5, 5.41) is 4.84. The number of nitrogens with two attached hydrogens (primary N) is 1. The van der Waals surface area contributed by atoms with Crippen molar-refractivity contribution < 1.29 is 13.2 Å². The van der Waals surface area contributed by atoms with E-state index in [0.717, 1.165) is 0 Å². The van der Waals surface area contributed by atoms with Crippen molar-refractivity contribution in [2.24, 2.45) is 5.14 Å². The first-order chi connectivity index (χ1) is 6.88. The van der Waals surface area contributed by atoms with Crippen molar-refractivity contribution in [2.75, 3.05) is 4.72 Å². The number of nitrogens with zero attached hydrogens (tertiary/aromatic N) is 1. The van der Waals surface area contributed by atoms with Gasteiger partial charge in [-0.3, -0.25) is 4.72 Å². The van der Waals surface area contributed by atoms with Gasteiger partial charge in [-0.1, -0.05) is 0 Å². The molecule has 0 unspecified atom stereocenters. The number of pyridine rings is 1. The molecule has 15 heavy (non-hydrogen) atoms. The van der Waals surface area contributed by atoms with Crippen LogP contribution in [-0.2, 0) is 10.2 Å². The summed E-state index contributed by atoms with van der Waals surface area (Å²) in [6.45, 7) is 3.63. The molecule has 0 fully saturated rings. The summed E-state index contributed by atoms with van der Waals surface area (Å²) < 4.78 is 29.1. The number of ether oxygens (including phenoxy) is 1. The summed E-state index contributed by atoms with van der Waals surface area (Å²) >= 11 is 0. The van der Waals surface area contributed by atoms with E-state index in [1.54, 1.807) is 6.07 Å². The minimum absolute atomic E-state index is 0.0964. The zero-order valence-electron chi connectivity index (χ0n) is 8.47. The maximum atomic E-state index is 10.8. The molecule has 0 radical (unpaired) electrons. The Balaban J connectivity index is 2.96. The van der Waals surface area contributed by atoms with E-state index in [1.165, 1.54) is 12.3 Å². The maximum absolute atomic E-state index is 10.8. The fourth-order valence-corrected chi connectivity index (χ4v) is 1.40. The summed E-state index contributed by atoms with van der Waals surface area (Å²) in [5.74, 6) is 0.210. The molecule has 1 heterocycles. The topological polar surface area (TPSA) is 94.3 Å². The van der Waals surface area contributed by atoms with E-state index in [-0.39, 0.29) is 17.7 Å². The Morgan fingerprint density at radius 3 is 2.73 bits per heavy atom. The Labute approximate surface area is 88.6 Å². The number of rotatable bonds is 4. The molecular weight excluding hydrogens is 218 g/mol. The third-order valence-corrected chi connectivity index (χ3v) is 1.88. The van der Waals surface area contributed by atoms with E-state index in [2.05, 4.69) is 9.71 Å². The van der Waals surface area contributed by atoms with Gasteiger partial charge in [-0.15, -0.1) is 0 Å². The average Bonchev–Trinajstić information content (AvgIpc) is 2.05. The van der Waals surface area contributed by atoms with E-state index in [4.69, 9.17) is 9.88 Å². The number of nitrogens with one attached hydrogen (secondary N) is 1. The Kier molecular flexibility index (Phi) is 3.48. The van der Waals surface area contributed by atoms with E-state index >= 15 is 0 Å². The van der Waals surface area contributed by atoms with Crippen LogP contribution in [0, 0.1) is 0 Å². The molecule has 84 valence electrons. The molecular formula is C8H13N3O3S. The van der Waals surface area contributed by atoms with Crippen molar-refractivity contribution in [1.29, 1.82) is 0 Å². The second-order valence-electron chi connectivity index (χ2n) is 3.17. The van der Waals surface area contributed by atoms with Gasteiger partial charge in [0.1, 0.15) is 5.69 Å². The van der Waals surface area contributed by atoms with Crippen LogP contribution in [0.1, 0.15) is 13.8 Å². The first kappa shape index (κ1) is 11.7. The molecule has 0 aromatic carbocycles. The van der Waals surface area contributed by atoms with Crippen molar-refractivity contribution >= 4 is 15.9 Å². The normalized spacial score (nSPS) is 11.5. The van der Waals surface area contributed by atoms with Crippen molar-refractivity contribution in [3.8, 4) is 5.88 Å². The lowest BCUT2D eigenvalue weighted by Crippen LogP contribution is -2.22. The summed E-state index contributed by atoms with van der Waals surface area (Å²) in [6, 6.07) is 3.11. The minimum atomic E-state index is -3.81. The molecule has 3 N–H and O–H groups in total. The zero-order chi connectivity index (χ0) is 11.5. The quantitative estimate of drug-likeness (QED) is 0.788. The molecule has 0 saturated heterocycles. The van der Waals surface area contributed by atoms with Crippen LogP contribution in [0.4, 0.5) is 5.69 Å². The van der Waals surface area contributed by atoms with Gasteiger partial charge in [0.05, 0.1) is 6.10 Å². The van der Waals surface area contributed by atoms with Gasteiger partial charge in [0.2, 0.25) is 5.88 Å². The Morgan fingerprint density at radius 1 is 1.53 bits per heavy atom. The second-order valence-corrected chi connectivity index (χ2v) is 4.46. The van der Waals surface area contributed by atoms with Gasteiger partial charge in [-0.2, -0.15) is 8.42 Å². The van der Waals surface area contributed by atoms with Crippen LogP contribution in [-0.4, -0.2) is 19.5 Å². The third kappa shape index (κ3) is 4.13. The average molecular weight is 231 g/mol. The molecule has 1 aromatic rings. The first-order valence-corrected chi connectivity index (χ1v) is 5.85. The monoisotopic (exact) mass is 231 g/mol. The van der Waals surface area contributed by atoms with Gasteiger partial charge in [0.25, 0.3) is 10.2 Å². The largest absolute Gasteiger partial charge is 0.473 e. The van der Waals surface area contributed by atoms with E-state index in [9.17, 15) is 8.42 Å². The van der Waals surface area contributed by atoms with Crippen molar-refractivity contribution in [1.82, 2.24) is 4.98 Å². The molecule has 0 atom stereocenters. The molecule has 0 amide bonds. The summed E-state index contributed by atoms with van der Waals surface area (Å²) in [5.41, 5.74) is 0.230. The molecule has 1 rings (SSSR count). The Hall–Kier alpha value is -1.34. The highest BCUT2D eigenvalue weighted by molar-refractivity contribution is 7.90. The molecule has 0 aliphatic carbocycles. The molecule has 0 spiro atoms. The highest BCUT2D eigenvalue weighted by atomic mass is 32.2. The van der Waals surface area contributed by atoms with Crippen LogP contribution in [0.5, 0.6) is 5.88 Å². The number of hydrogen-bond acceptors (Lipinski definition) is 4. The van der Waals surface area contributed by atoms with Crippen LogP contribution in [0.2, 0.25) is 0 Å². The zero-order valence-corrected chi connectivity index (χ0v) is 9.28. The lowest BCUT2D eigenvalue weighted by Gasteiger charge is -2.12. The van der Waals surface area contributed by atoms with E-state index in [0.29, 0.717) is 0 Å². The second kappa shape index (κ2) is 4.45. The molecule has 7 heteroatoms. The van der Waals surface area contributed by atoms with Crippen LogP contribution in [0.3, 0.4) is 0 Å². The Bertz CT molecular complexity index is 431. The smallest absolute Gasteiger partial charge is 0.296 e. The van der Waals surface area contributed by atoms with Crippen molar-refractivity contribution in [3.63, 3.8) is 0 Å². The number of hydrogen-bond donors (Lipinski definition) is 2. The molecule has 0 saturated carbocycles. The third-order valence-electron chi connectivity index (χ3n) is 1.37. The van der Waals surface area contributed by atoms with Gasteiger partial charge < -0.3 is 4.74 Å². The maximum Gasteiger partial charge on any atom is 0.296 e. The molecule has 0 bridgehead atoms. The van der Waals surface area contributed by atoms with Gasteiger partial charge >= 0.3 is 0 Å². The van der Waals surface area contributed by atoms with Crippen LogP contribution in [0.25, 0.3) is 0 Å². The van der Waals surface area contributed by atoms with Gasteiger partial charge in [0, 0.05) is 6.20 Å².